The Kier molecular flexibility index (Phi) is 7.77. The van der Waals surface area contributed by atoms with E-state index in [1.165, 1.54) is 11.8 Å². The lowest BCUT2D eigenvalue weighted by atomic mass is 9.86. The molecule has 1 aliphatic heterocycles. The Hall–Kier alpha value is -2.78. The maximum Gasteiger partial charge on any atom is 0.302 e. The first kappa shape index (κ1) is 25.8. The van der Waals surface area contributed by atoms with Crippen molar-refractivity contribution in [3.8, 4) is 10.4 Å². The van der Waals surface area contributed by atoms with Crippen LogP contribution in [0.25, 0.3) is 10.4 Å². The summed E-state index contributed by atoms with van der Waals surface area (Å²) < 4.78 is 5.33. The molecule has 9 heteroatoms. The molecule has 0 saturated carbocycles. The number of thiazole rings is 1. The van der Waals surface area contributed by atoms with Crippen LogP contribution in [0.2, 0.25) is 0 Å². The van der Waals surface area contributed by atoms with Gasteiger partial charge in [0.2, 0.25) is 11.8 Å². The molecule has 1 aromatic carbocycles. The van der Waals surface area contributed by atoms with Crippen LogP contribution < -0.4 is 11.1 Å². The van der Waals surface area contributed by atoms with E-state index in [-0.39, 0.29) is 30.8 Å². The first-order valence-corrected chi connectivity index (χ1v) is 12.3. The summed E-state index contributed by atoms with van der Waals surface area (Å²) in [4.78, 5) is 44.8. The lowest BCUT2D eigenvalue weighted by Gasteiger charge is -2.32. The van der Waals surface area contributed by atoms with Gasteiger partial charge >= 0.3 is 5.97 Å². The summed E-state index contributed by atoms with van der Waals surface area (Å²) in [6, 6.07) is 6.19. The van der Waals surface area contributed by atoms with E-state index in [0.29, 0.717) is 0 Å². The second-order valence-corrected chi connectivity index (χ2v) is 10.8. The van der Waals surface area contributed by atoms with E-state index in [9.17, 15) is 14.4 Å². The molecule has 2 amide bonds. The van der Waals surface area contributed by atoms with E-state index in [0.717, 1.165) is 21.7 Å². The molecule has 3 N–H and O–H groups in total. The SMILES string of the molecule is CC(=O)O[C@@H]1C[C@@H](C(=O)N[C@@H](C)c2ccc(-c3scnc3C)cc2)N(C(=O)C(N)C(C)(C)C)C1. The minimum absolute atomic E-state index is 0.150. The molecule has 0 radical (unpaired) electrons. The summed E-state index contributed by atoms with van der Waals surface area (Å²) in [6.45, 7) is 11.0. The van der Waals surface area contributed by atoms with E-state index in [1.54, 1.807) is 11.3 Å². The van der Waals surface area contributed by atoms with Crippen LogP contribution >= 0.6 is 11.3 Å². The van der Waals surface area contributed by atoms with Crippen molar-refractivity contribution in [2.45, 2.75) is 72.2 Å². The summed E-state index contributed by atoms with van der Waals surface area (Å²) in [5.74, 6) is -1.05. The number of likely N-dealkylation sites (tertiary alicyclic amines) is 1. The topological polar surface area (TPSA) is 115 Å². The van der Waals surface area contributed by atoms with Gasteiger partial charge in [-0.25, -0.2) is 4.98 Å². The average Bonchev–Trinajstić information content (AvgIpc) is 3.37. The predicted molar refractivity (Wildman–Crippen MR) is 132 cm³/mol. The smallest absolute Gasteiger partial charge is 0.302 e. The van der Waals surface area contributed by atoms with Gasteiger partial charge in [-0.3, -0.25) is 14.4 Å². The van der Waals surface area contributed by atoms with Gasteiger partial charge in [0.05, 0.1) is 34.7 Å². The van der Waals surface area contributed by atoms with Crippen LogP contribution in [-0.4, -0.2) is 52.4 Å². The largest absolute Gasteiger partial charge is 0.461 e. The Morgan fingerprint density at radius 2 is 1.88 bits per heavy atom. The number of esters is 1. The number of nitrogens with zero attached hydrogens (tertiary/aromatic N) is 2. The molecule has 1 aliphatic rings. The molecule has 8 nitrogen and oxygen atoms in total. The second kappa shape index (κ2) is 10.2. The standard InChI is InChI=1S/C25H34N4O4S/c1-14(17-7-9-18(10-8-17)21-15(2)27-13-34-21)28-23(31)20-11-19(33-16(3)30)12-29(20)24(32)22(26)25(4,5)6/h7-10,13-14,19-20,22H,11-12,26H2,1-6H3,(H,28,31)/t14-,19+,20-,22?/m0/s1. The molecule has 184 valence electrons. The van der Waals surface area contributed by atoms with Crippen molar-refractivity contribution in [1.29, 1.82) is 0 Å². The number of benzene rings is 1. The fourth-order valence-electron chi connectivity index (χ4n) is 4.05. The molecule has 2 heterocycles. The fourth-order valence-corrected chi connectivity index (χ4v) is 4.87. The minimum atomic E-state index is -0.779. The number of nitrogens with one attached hydrogen (secondary N) is 1. The molecule has 0 spiro atoms. The van der Waals surface area contributed by atoms with Crippen molar-refractivity contribution >= 4 is 29.1 Å². The zero-order valence-corrected chi connectivity index (χ0v) is 21.4. The average molecular weight is 487 g/mol. The van der Waals surface area contributed by atoms with Crippen molar-refractivity contribution in [3.63, 3.8) is 0 Å². The van der Waals surface area contributed by atoms with Crippen molar-refractivity contribution in [3.05, 3.63) is 41.0 Å². The quantitative estimate of drug-likeness (QED) is 0.606. The van der Waals surface area contributed by atoms with Crippen molar-refractivity contribution < 1.29 is 19.1 Å². The highest BCUT2D eigenvalue weighted by atomic mass is 32.1. The highest BCUT2D eigenvalue weighted by Gasteiger charge is 2.44. The number of carbonyl (C=O) groups excluding carboxylic acids is 3. The van der Waals surface area contributed by atoms with Crippen LogP contribution in [-0.2, 0) is 19.1 Å². The second-order valence-electron chi connectivity index (χ2n) is 9.94. The maximum absolute atomic E-state index is 13.3. The first-order chi connectivity index (χ1) is 15.9. The molecule has 1 aromatic heterocycles. The summed E-state index contributed by atoms with van der Waals surface area (Å²) in [5, 5.41) is 3.02. The predicted octanol–water partition coefficient (Wildman–Crippen LogP) is 3.20. The number of amides is 2. The molecule has 2 aromatic rings. The maximum atomic E-state index is 13.3. The van der Waals surface area contributed by atoms with Crippen LogP contribution in [0.3, 0.4) is 0 Å². The number of nitrogens with two attached hydrogens (primary N) is 1. The third-order valence-electron chi connectivity index (χ3n) is 6.16. The number of aryl methyl sites for hydroxylation is 1. The fraction of sp³-hybridized carbons (Fsp3) is 0.520. The molecular formula is C25H34N4O4S. The number of rotatable bonds is 6. The normalized spacial score (nSPS) is 20.0. The van der Waals surface area contributed by atoms with E-state index in [1.807, 2.05) is 64.4 Å². The molecule has 0 bridgehead atoms. The van der Waals surface area contributed by atoms with Crippen LogP contribution in [0, 0.1) is 12.3 Å². The van der Waals surface area contributed by atoms with Gasteiger partial charge in [0, 0.05) is 13.3 Å². The van der Waals surface area contributed by atoms with Crippen LogP contribution in [0.4, 0.5) is 0 Å². The van der Waals surface area contributed by atoms with E-state index < -0.39 is 29.6 Å². The summed E-state index contributed by atoms with van der Waals surface area (Å²) in [7, 11) is 0. The van der Waals surface area contributed by atoms with Gasteiger partial charge in [0.25, 0.3) is 0 Å². The van der Waals surface area contributed by atoms with E-state index in [2.05, 4.69) is 10.3 Å². The molecule has 4 atom stereocenters. The van der Waals surface area contributed by atoms with E-state index in [4.69, 9.17) is 10.5 Å². The highest BCUT2D eigenvalue weighted by Crippen LogP contribution is 2.29. The third-order valence-corrected chi connectivity index (χ3v) is 7.13. The molecule has 1 unspecified atom stereocenters. The van der Waals surface area contributed by atoms with Gasteiger partial charge in [-0.2, -0.15) is 0 Å². The Bertz CT molecular complexity index is 1040. The van der Waals surface area contributed by atoms with Gasteiger partial charge < -0.3 is 20.7 Å². The molecule has 1 saturated heterocycles. The lowest BCUT2D eigenvalue weighted by molar-refractivity contribution is -0.147. The monoisotopic (exact) mass is 486 g/mol. The highest BCUT2D eigenvalue weighted by molar-refractivity contribution is 7.13. The summed E-state index contributed by atoms with van der Waals surface area (Å²) in [6.07, 6.45) is -0.300. The van der Waals surface area contributed by atoms with Gasteiger partial charge in [-0.1, -0.05) is 45.0 Å². The Morgan fingerprint density at radius 3 is 2.41 bits per heavy atom. The van der Waals surface area contributed by atoms with Gasteiger partial charge in [-0.05, 0) is 30.4 Å². The third kappa shape index (κ3) is 5.82. The number of hydrogen-bond donors (Lipinski definition) is 2. The zero-order chi connectivity index (χ0) is 25.2. The van der Waals surface area contributed by atoms with Crippen LogP contribution in [0.1, 0.15) is 58.3 Å². The number of ether oxygens (including phenoxy) is 1. The number of hydrogen-bond acceptors (Lipinski definition) is 7. The Balaban J connectivity index is 1.74. The zero-order valence-electron chi connectivity index (χ0n) is 20.6. The van der Waals surface area contributed by atoms with Crippen molar-refractivity contribution in [2.75, 3.05) is 6.54 Å². The Labute approximate surface area is 204 Å². The Morgan fingerprint density at radius 1 is 1.24 bits per heavy atom. The molecule has 3 rings (SSSR count). The van der Waals surface area contributed by atoms with Crippen LogP contribution in [0.15, 0.2) is 29.8 Å². The van der Waals surface area contributed by atoms with Gasteiger partial charge in [0.1, 0.15) is 12.1 Å². The summed E-state index contributed by atoms with van der Waals surface area (Å²) >= 11 is 1.59. The van der Waals surface area contributed by atoms with Crippen molar-refractivity contribution in [2.24, 2.45) is 11.1 Å². The molecular weight excluding hydrogens is 452 g/mol. The number of aromatic nitrogens is 1. The molecule has 34 heavy (non-hydrogen) atoms. The minimum Gasteiger partial charge on any atom is -0.461 e. The molecule has 1 fully saturated rings. The summed E-state index contributed by atoms with van der Waals surface area (Å²) in [5.41, 5.74) is 10.6. The lowest BCUT2D eigenvalue weighted by Crippen LogP contribution is -2.55. The van der Waals surface area contributed by atoms with Crippen LogP contribution in [0.5, 0.6) is 0 Å². The van der Waals surface area contributed by atoms with Crippen molar-refractivity contribution in [1.82, 2.24) is 15.2 Å². The number of carbonyl (C=O) groups is 3. The first-order valence-electron chi connectivity index (χ1n) is 11.4. The van der Waals surface area contributed by atoms with Gasteiger partial charge in [0.15, 0.2) is 0 Å². The molecule has 0 aliphatic carbocycles. The van der Waals surface area contributed by atoms with E-state index >= 15 is 0 Å². The van der Waals surface area contributed by atoms with Gasteiger partial charge in [-0.15, -0.1) is 11.3 Å².